The maximum atomic E-state index is 12.0. The van der Waals surface area contributed by atoms with Crippen LogP contribution < -0.4 is 5.32 Å². The molecule has 0 bridgehead atoms. The Balaban J connectivity index is 2.48. The molecule has 2 N–H and O–H groups in total. The third-order valence-electron chi connectivity index (χ3n) is 3.68. The lowest BCUT2D eigenvalue weighted by Crippen LogP contribution is -2.31. The van der Waals surface area contributed by atoms with E-state index in [1.54, 1.807) is 0 Å². The van der Waals surface area contributed by atoms with Crippen molar-refractivity contribution in [1.82, 2.24) is 5.32 Å². The minimum Gasteiger partial charge on any atom is -0.396 e. The molecule has 0 aliphatic carbocycles. The first-order valence-corrected chi connectivity index (χ1v) is 7.50. The average molecular weight is 277 g/mol. The van der Waals surface area contributed by atoms with Gasteiger partial charge in [-0.15, -0.1) is 0 Å². The van der Waals surface area contributed by atoms with E-state index >= 15 is 0 Å². The molecule has 0 fully saturated rings. The summed E-state index contributed by atoms with van der Waals surface area (Å²) >= 11 is 0. The van der Waals surface area contributed by atoms with E-state index in [2.05, 4.69) is 30.4 Å². The van der Waals surface area contributed by atoms with E-state index in [-0.39, 0.29) is 12.5 Å². The summed E-state index contributed by atoms with van der Waals surface area (Å²) in [5.41, 5.74) is 3.44. The Kier molecular flexibility index (Phi) is 7.31. The quantitative estimate of drug-likeness (QED) is 0.767. The predicted octanol–water partition coefficient (Wildman–Crippen LogP) is 2.76. The number of carbonyl (C=O) groups excluding carboxylic acids is 1. The van der Waals surface area contributed by atoms with Gasteiger partial charge >= 0.3 is 0 Å². The minimum atomic E-state index is 0.0674. The SMILES string of the molecule is CCCC(CCO)CNC(=O)Cc1cc(C)ccc1C. The van der Waals surface area contributed by atoms with Gasteiger partial charge in [-0.05, 0) is 43.7 Å². The highest BCUT2D eigenvalue weighted by Gasteiger charge is 2.10. The number of nitrogens with one attached hydrogen (secondary N) is 1. The molecule has 0 aromatic heterocycles. The molecule has 0 saturated carbocycles. The normalized spacial score (nSPS) is 12.2. The molecule has 3 nitrogen and oxygen atoms in total. The molecule has 0 heterocycles. The van der Waals surface area contributed by atoms with Crippen molar-refractivity contribution in [2.45, 2.75) is 46.5 Å². The molecule has 1 unspecified atom stereocenters. The largest absolute Gasteiger partial charge is 0.396 e. The molecule has 20 heavy (non-hydrogen) atoms. The molecule has 112 valence electrons. The molecule has 1 atom stereocenters. The van der Waals surface area contributed by atoms with Crippen molar-refractivity contribution >= 4 is 5.91 Å². The fourth-order valence-electron chi connectivity index (χ4n) is 2.42. The van der Waals surface area contributed by atoms with E-state index in [0.29, 0.717) is 18.9 Å². The zero-order valence-corrected chi connectivity index (χ0v) is 12.9. The van der Waals surface area contributed by atoms with Gasteiger partial charge in [-0.2, -0.15) is 0 Å². The van der Waals surface area contributed by atoms with E-state index in [1.807, 2.05) is 13.8 Å². The van der Waals surface area contributed by atoms with Crippen molar-refractivity contribution in [1.29, 1.82) is 0 Å². The van der Waals surface area contributed by atoms with Crippen LogP contribution in [-0.2, 0) is 11.2 Å². The molecule has 1 amide bonds. The Morgan fingerprint density at radius 3 is 2.70 bits per heavy atom. The predicted molar refractivity (Wildman–Crippen MR) is 82.7 cm³/mol. The summed E-state index contributed by atoms with van der Waals surface area (Å²) in [6.07, 6.45) is 3.32. The van der Waals surface area contributed by atoms with Crippen LogP contribution in [0, 0.1) is 19.8 Å². The Morgan fingerprint density at radius 1 is 1.30 bits per heavy atom. The molecule has 0 radical (unpaired) electrons. The van der Waals surface area contributed by atoms with Gasteiger partial charge in [-0.3, -0.25) is 4.79 Å². The number of hydrogen-bond acceptors (Lipinski definition) is 2. The molecule has 3 heteroatoms. The molecule has 0 saturated heterocycles. The Morgan fingerprint density at radius 2 is 2.05 bits per heavy atom. The molecule has 1 rings (SSSR count). The number of aliphatic hydroxyl groups is 1. The average Bonchev–Trinajstić information content (AvgIpc) is 2.41. The molecule has 0 spiro atoms. The van der Waals surface area contributed by atoms with Crippen LogP contribution >= 0.6 is 0 Å². The standard InChI is InChI=1S/C17H27NO2/c1-4-5-15(8-9-19)12-18-17(20)11-16-10-13(2)6-7-14(16)3/h6-7,10,15,19H,4-5,8-9,11-12H2,1-3H3,(H,18,20). The van der Waals surface area contributed by atoms with Crippen molar-refractivity contribution in [3.05, 3.63) is 34.9 Å². The fraction of sp³-hybridized carbons (Fsp3) is 0.588. The van der Waals surface area contributed by atoms with Crippen LogP contribution in [0.25, 0.3) is 0 Å². The van der Waals surface area contributed by atoms with Crippen molar-refractivity contribution in [3.8, 4) is 0 Å². The summed E-state index contributed by atoms with van der Waals surface area (Å²) in [7, 11) is 0. The first-order valence-electron chi connectivity index (χ1n) is 7.50. The summed E-state index contributed by atoms with van der Waals surface area (Å²) in [5.74, 6) is 0.449. The Labute approximate surface area is 122 Å². The summed E-state index contributed by atoms with van der Waals surface area (Å²) in [6.45, 7) is 7.06. The maximum Gasteiger partial charge on any atom is 0.224 e. The summed E-state index contributed by atoms with van der Waals surface area (Å²) in [5, 5.41) is 12.0. The molecule has 0 aliphatic rings. The van der Waals surface area contributed by atoms with Crippen LogP contribution in [0.3, 0.4) is 0 Å². The van der Waals surface area contributed by atoms with Crippen LogP contribution in [0.1, 0.15) is 42.9 Å². The van der Waals surface area contributed by atoms with Gasteiger partial charge in [-0.1, -0.05) is 37.1 Å². The maximum absolute atomic E-state index is 12.0. The number of benzene rings is 1. The van der Waals surface area contributed by atoms with Crippen molar-refractivity contribution < 1.29 is 9.90 Å². The second-order valence-electron chi connectivity index (χ2n) is 5.58. The highest BCUT2D eigenvalue weighted by molar-refractivity contribution is 5.78. The van der Waals surface area contributed by atoms with Crippen LogP contribution in [-0.4, -0.2) is 24.2 Å². The zero-order chi connectivity index (χ0) is 15.0. The number of hydrogen-bond donors (Lipinski definition) is 2. The van der Waals surface area contributed by atoms with Crippen LogP contribution in [0.4, 0.5) is 0 Å². The highest BCUT2D eigenvalue weighted by Crippen LogP contribution is 2.12. The summed E-state index contributed by atoms with van der Waals surface area (Å²) < 4.78 is 0. The summed E-state index contributed by atoms with van der Waals surface area (Å²) in [4.78, 5) is 12.0. The van der Waals surface area contributed by atoms with Gasteiger partial charge in [0.05, 0.1) is 6.42 Å². The van der Waals surface area contributed by atoms with Crippen molar-refractivity contribution in [3.63, 3.8) is 0 Å². The molecule has 1 aromatic rings. The van der Waals surface area contributed by atoms with Gasteiger partial charge in [0.25, 0.3) is 0 Å². The lowest BCUT2D eigenvalue weighted by atomic mass is 9.99. The van der Waals surface area contributed by atoms with Crippen LogP contribution in [0.5, 0.6) is 0 Å². The number of amides is 1. The minimum absolute atomic E-state index is 0.0674. The molecular formula is C17H27NO2. The third-order valence-corrected chi connectivity index (χ3v) is 3.68. The second kappa shape index (κ2) is 8.75. The van der Waals surface area contributed by atoms with E-state index < -0.39 is 0 Å². The second-order valence-corrected chi connectivity index (χ2v) is 5.58. The number of aliphatic hydroxyl groups excluding tert-OH is 1. The number of aryl methyl sites for hydroxylation is 2. The Hall–Kier alpha value is -1.35. The zero-order valence-electron chi connectivity index (χ0n) is 12.9. The van der Waals surface area contributed by atoms with Gasteiger partial charge in [-0.25, -0.2) is 0 Å². The van der Waals surface area contributed by atoms with Crippen molar-refractivity contribution in [2.75, 3.05) is 13.2 Å². The molecule has 1 aromatic carbocycles. The van der Waals surface area contributed by atoms with Gasteiger partial charge in [0.15, 0.2) is 0 Å². The lowest BCUT2D eigenvalue weighted by molar-refractivity contribution is -0.120. The Bertz CT molecular complexity index is 423. The highest BCUT2D eigenvalue weighted by atomic mass is 16.3. The monoisotopic (exact) mass is 277 g/mol. The van der Waals surface area contributed by atoms with Gasteiger partial charge in [0.2, 0.25) is 5.91 Å². The number of rotatable bonds is 8. The first-order chi connectivity index (χ1) is 9.56. The van der Waals surface area contributed by atoms with Gasteiger partial charge < -0.3 is 10.4 Å². The smallest absolute Gasteiger partial charge is 0.224 e. The molecule has 0 aliphatic heterocycles. The van der Waals surface area contributed by atoms with E-state index in [1.165, 1.54) is 5.56 Å². The van der Waals surface area contributed by atoms with Crippen LogP contribution in [0.15, 0.2) is 18.2 Å². The topological polar surface area (TPSA) is 49.3 Å². The van der Waals surface area contributed by atoms with E-state index in [9.17, 15) is 4.79 Å². The van der Waals surface area contributed by atoms with E-state index in [0.717, 1.165) is 30.4 Å². The third kappa shape index (κ3) is 5.74. The van der Waals surface area contributed by atoms with Crippen LogP contribution in [0.2, 0.25) is 0 Å². The lowest BCUT2D eigenvalue weighted by Gasteiger charge is -2.16. The number of carbonyl (C=O) groups is 1. The van der Waals surface area contributed by atoms with Gasteiger partial charge in [0, 0.05) is 13.2 Å². The van der Waals surface area contributed by atoms with E-state index in [4.69, 9.17) is 5.11 Å². The molecular weight excluding hydrogens is 250 g/mol. The summed E-state index contributed by atoms with van der Waals surface area (Å²) in [6, 6.07) is 6.20. The fourth-order valence-corrected chi connectivity index (χ4v) is 2.42. The van der Waals surface area contributed by atoms with Gasteiger partial charge in [0.1, 0.15) is 0 Å². The first kappa shape index (κ1) is 16.7. The van der Waals surface area contributed by atoms with Crippen molar-refractivity contribution in [2.24, 2.45) is 5.92 Å².